The van der Waals surface area contributed by atoms with Crippen LogP contribution in [-0.2, 0) is 5.54 Å². The number of hydrogen-bond acceptors (Lipinski definition) is 3. The van der Waals surface area contributed by atoms with E-state index in [2.05, 4.69) is 0 Å². The largest absolute Gasteiger partial charge is 0.492 e. The highest BCUT2D eigenvalue weighted by atomic mass is 19.1. The van der Waals surface area contributed by atoms with E-state index in [1.165, 1.54) is 7.11 Å². The Hall–Kier alpha value is -1.29. The molecule has 1 fully saturated rings. The topological polar surface area (TPSA) is 44.5 Å². The normalized spacial score (nSPS) is 17.6. The third-order valence-corrected chi connectivity index (χ3v) is 4.21. The molecule has 0 aromatic heterocycles. The fourth-order valence-corrected chi connectivity index (χ4v) is 3.24. The van der Waals surface area contributed by atoms with Crippen molar-refractivity contribution in [2.45, 2.75) is 45.1 Å². The van der Waals surface area contributed by atoms with Gasteiger partial charge in [0.1, 0.15) is 5.82 Å². The van der Waals surface area contributed by atoms with E-state index in [1.807, 2.05) is 0 Å². The quantitative estimate of drug-likeness (QED) is 0.914. The first-order chi connectivity index (χ1) is 8.96. The molecule has 1 aliphatic rings. The lowest BCUT2D eigenvalue weighted by Gasteiger charge is -2.30. The van der Waals surface area contributed by atoms with Crippen LogP contribution in [0.2, 0.25) is 0 Å². The molecule has 19 heavy (non-hydrogen) atoms. The predicted octanol–water partition coefficient (Wildman–Crippen LogP) is 3.19. The molecular formula is C15H22FNO2. The molecule has 2 rings (SSSR count). The summed E-state index contributed by atoms with van der Waals surface area (Å²) >= 11 is 0. The Bertz CT molecular complexity index is 494. The summed E-state index contributed by atoms with van der Waals surface area (Å²) in [5.74, 6) is 0.796. The van der Waals surface area contributed by atoms with Crippen molar-refractivity contribution in [3.8, 4) is 11.5 Å². The molecule has 0 saturated heterocycles. The van der Waals surface area contributed by atoms with Crippen LogP contribution < -0.4 is 15.2 Å². The molecule has 106 valence electrons. The third kappa shape index (κ3) is 2.08. The summed E-state index contributed by atoms with van der Waals surface area (Å²) in [4.78, 5) is 0. The van der Waals surface area contributed by atoms with E-state index >= 15 is 0 Å². The van der Waals surface area contributed by atoms with Crippen LogP contribution in [0.15, 0.2) is 0 Å². The van der Waals surface area contributed by atoms with Gasteiger partial charge in [-0.3, -0.25) is 0 Å². The van der Waals surface area contributed by atoms with Crippen molar-refractivity contribution in [2.24, 2.45) is 5.73 Å². The lowest BCUT2D eigenvalue weighted by atomic mass is 9.84. The lowest BCUT2D eigenvalue weighted by Crippen LogP contribution is -2.35. The van der Waals surface area contributed by atoms with Gasteiger partial charge in [0.05, 0.1) is 14.2 Å². The number of hydrogen-bond donors (Lipinski definition) is 1. The minimum atomic E-state index is -0.503. The van der Waals surface area contributed by atoms with Gasteiger partial charge in [0.2, 0.25) is 0 Å². The van der Waals surface area contributed by atoms with Gasteiger partial charge in [-0.1, -0.05) is 12.8 Å². The van der Waals surface area contributed by atoms with Gasteiger partial charge in [-0.2, -0.15) is 0 Å². The fraction of sp³-hybridized carbons (Fsp3) is 0.600. The molecule has 0 aliphatic heterocycles. The van der Waals surface area contributed by atoms with Crippen molar-refractivity contribution < 1.29 is 13.9 Å². The smallest absolute Gasteiger partial charge is 0.166 e. The van der Waals surface area contributed by atoms with Gasteiger partial charge in [0.15, 0.2) is 11.5 Å². The molecule has 1 aromatic carbocycles. The van der Waals surface area contributed by atoms with E-state index in [1.54, 1.807) is 21.0 Å². The summed E-state index contributed by atoms with van der Waals surface area (Å²) in [5.41, 5.74) is 7.82. The number of halogens is 1. The van der Waals surface area contributed by atoms with Gasteiger partial charge in [0.25, 0.3) is 0 Å². The van der Waals surface area contributed by atoms with E-state index in [0.717, 1.165) is 31.2 Å². The van der Waals surface area contributed by atoms with Gasteiger partial charge < -0.3 is 15.2 Å². The summed E-state index contributed by atoms with van der Waals surface area (Å²) in [6, 6.07) is 0. The summed E-state index contributed by atoms with van der Waals surface area (Å²) < 4.78 is 25.2. The number of nitrogens with two attached hydrogens (primary N) is 1. The highest BCUT2D eigenvalue weighted by molar-refractivity contribution is 5.58. The Balaban J connectivity index is 2.74. The zero-order valence-electron chi connectivity index (χ0n) is 12.1. The van der Waals surface area contributed by atoms with Crippen LogP contribution in [0.5, 0.6) is 11.5 Å². The Kier molecular flexibility index (Phi) is 3.72. The third-order valence-electron chi connectivity index (χ3n) is 4.21. The lowest BCUT2D eigenvalue weighted by molar-refractivity contribution is 0.330. The van der Waals surface area contributed by atoms with Crippen LogP contribution in [0.1, 0.15) is 42.4 Å². The molecule has 0 heterocycles. The maximum absolute atomic E-state index is 14.4. The van der Waals surface area contributed by atoms with Crippen LogP contribution in [0, 0.1) is 19.7 Å². The Morgan fingerprint density at radius 3 is 2.00 bits per heavy atom. The monoisotopic (exact) mass is 267 g/mol. The molecule has 1 aromatic rings. The van der Waals surface area contributed by atoms with E-state index in [4.69, 9.17) is 15.2 Å². The van der Waals surface area contributed by atoms with E-state index in [0.29, 0.717) is 22.6 Å². The molecule has 0 amide bonds. The first-order valence-corrected chi connectivity index (χ1v) is 6.66. The highest BCUT2D eigenvalue weighted by Gasteiger charge is 2.38. The maximum atomic E-state index is 14.4. The molecule has 4 heteroatoms. The van der Waals surface area contributed by atoms with E-state index in [9.17, 15) is 4.39 Å². The Labute approximate surface area is 113 Å². The second-order valence-corrected chi connectivity index (χ2v) is 5.37. The number of ether oxygens (including phenoxy) is 2. The molecule has 0 unspecified atom stereocenters. The molecule has 0 spiro atoms. The molecule has 3 nitrogen and oxygen atoms in total. The molecule has 0 radical (unpaired) electrons. The van der Waals surface area contributed by atoms with Crippen molar-refractivity contribution in [3.63, 3.8) is 0 Å². The Morgan fingerprint density at radius 2 is 1.53 bits per heavy atom. The van der Waals surface area contributed by atoms with Crippen molar-refractivity contribution in [1.82, 2.24) is 0 Å². The zero-order chi connectivity index (χ0) is 14.2. The highest BCUT2D eigenvalue weighted by Crippen LogP contribution is 2.48. The summed E-state index contributed by atoms with van der Waals surface area (Å²) in [6.07, 6.45) is 3.85. The van der Waals surface area contributed by atoms with Gasteiger partial charge in [-0.15, -0.1) is 0 Å². The number of methoxy groups -OCH3 is 2. The van der Waals surface area contributed by atoms with Crippen LogP contribution in [0.4, 0.5) is 4.39 Å². The first kappa shape index (κ1) is 14.1. The second kappa shape index (κ2) is 5.00. The average molecular weight is 267 g/mol. The molecule has 1 saturated carbocycles. The van der Waals surface area contributed by atoms with Crippen molar-refractivity contribution in [2.75, 3.05) is 14.2 Å². The van der Waals surface area contributed by atoms with Crippen LogP contribution in [0.25, 0.3) is 0 Å². The average Bonchev–Trinajstić information content (AvgIpc) is 2.83. The van der Waals surface area contributed by atoms with Crippen molar-refractivity contribution in [3.05, 3.63) is 22.5 Å². The summed E-state index contributed by atoms with van der Waals surface area (Å²) in [6.45, 7) is 3.47. The molecule has 1 aliphatic carbocycles. The Morgan fingerprint density at radius 1 is 1.00 bits per heavy atom. The SMILES string of the molecule is COc1c(C)c(F)c(C)c(C2(N)CCCC2)c1OC. The zero-order valence-corrected chi connectivity index (χ0v) is 12.1. The van der Waals surface area contributed by atoms with Crippen LogP contribution >= 0.6 is 0 Å². The van der Waals surface area contributed by atoms with Gasteiger partial charge in [-0.05, 0) is 32.3 Å². The molecular weight excluding hydrogens is 245 g/mol. The molecule has 0 bridgehead atoms. The van der Waals surface area contributed by atoms with Crippen LogP contribution in [-0.4, -0.2) is 14.2 Å². The minimum Gasteiger partial charge on any atom is -0.492 e. The predicted molar refractivity (Wildman–Crippen MR) is 73.3 cm³/mol. The standard InChI is InChI=1S/C15H22FNO2/c1-9-11(15(17)7-5-6-8-15)14(19-4)13(18-3)10(2)12(9)16/h5-8,17H2,1-4H3. The van der Waals surface area contributed by atoms with Gasteiger partial charge >= 0.3 is 0 Å². The van der Waals surface area contributed by atoms with Crippen LogP contribution in [0.3, 0.4) is 0 Å². The van der Waals surface area contributed by atoms with Gasteiger partial charge in [0, 0.05) is 16.7 Å². The summed E-state index contributed by atoms with van der Waals surface area (Å²) in [7, 11) is 3.11. The maximum Gasteiger partial charge on any atom is 0.166 e. The minimum absolute atomic E-state index is 0.246. The van der Waals surface area contributed by atoms with E-state index < -0.39 is 5.54 Å². The first-order valence-electron chi connectivity index (χ1n) is 6.66. The van der Waals surface area contributed by atoms with Crippen molar-refractivity contribution in [1.29, 1.82) is 0 Å². The van der Waals surface area contributed by atoms with Crippen molar-refractivity contribution >= 4 is 0 Å². The molecule has 2 N–H and O–H groups in total. The van der Waals surface area contributed by atoms with E-state index in [-0.39, 0.29) is 5.82 Å². The number of rotatable bonds is 3. The second-order valence-electron chi connectivity index (χ2n) is 5.37. The number of benzene rings is 1. The van der Waals surface area contributed by atoms with Gasteiger partial charge in [-0.25, -0.2) is 4.39 Å². The molecule has 0 atom stereocenters. The fourth-order valence-electron chi connectivity index (χ4n) is 3.24. The summed E-state index contributed by atoms with van der Waals surface area (Å²) in [5, 5.41) is 0.